The number of amides is 1. The van der Waals surface area contributed by atoms with Crippen LogP contribution >= 0.6 is 11.3 Å². The number of nitrogens with zero attached hydrogens (tertiary/aromatic N) is 1. The van der Waals surface area contributed by atoms with Crippen molar-refractivity contribution in [1.82, 2.24) is 0 Å². The minimum atomic E-state index is -0.741. The molecule has 0 bridgehead atoms. The molecule has 164 valence electrons. The average Bonchev–Trinajstić information content (AvgIpc) is 3.41. The highest BCUT2D eigenvalue weighted by molar-refractivity contribution is 7.12. The van der Waals surface area contributed by atoms with Gasteiger partial charge in [0.25, 0.3) is 5.91 Å². The molecule has 1 unspecified atom stereocenters. The van der Waals surface area contributed by atoms with Crippen LogP contribution in [0.25, 0.3) is 0 Å². The number of thiophene rings is 1. The summed E-state index contributed by atoms with van der Waals surface area (Å²) in [5.41, 5.74) is 2.56. The predicted molar refractivity (Wildman–Crippen MR) is 127 cm³/mol. The molecule has 1 aliphatic rings. The minimum Gasteiger partial charge on any atom is -0.503 e. The molecular weight excluding hydrogens is 422 g/mol. The van der Waals surface area contributed by atoms with Crippen LogP contribution in [0.4, 0.5) is 5.69 Å². The van der Waals surface area contributed by atoms with Gasteiger partial charge in [-0.05, 0) is 47.5 Å². The van der Waals surface area contributed by atoms with E-state index in [-0.39, 0.29) is 11.4 Å². The second-order valence-electron chi connectivity index (χ2n) is 7.90. The largest absolute Gasteiger partial charge is 0.503 e. The van der Waals surface area contributed by atoms with Gasteiger partial charge in [0.2, 0.25) is 5.78 Å². The van der Waals surface area contributed by atoms with E-state index in [1.807, 2.05) is 37.3 Å². The molecule has 5 nitrogen and oxygen atoms in total. The topological polar surface area (TPSA) is 66.8 Å². The highest BCUT2D eigenvalue weighted by Crippen LogP contribution is 2.43. The number of aliphatic hydroxyl groups is 1. The molecule has 2 aromatic carbocycles. The first-order valence-electron chi connectivity index (χ1n) is 10.6. The zero-order valence-electron chi connectivity index (χ0n) is 18.2. The Morgan fingerprint density at radius 1 is 1.12 bits per heavy atom. The van der Waals surface area contributed by atoms with Crippen molar-refractivity contribution in [2.24, 2.45) is 0 Å². The van der Waals surface area contributed by atoms with Gasteiger partial charge in [-0.25, -0.2) is 0 Å². The summed E-state index contributed by atoms with van der Waals surface area (Å²) in [6.45, 7) is 6.59. The van der Waals surface area contributed by atoms with Gasteiger partial charge in [-0.3, -0.25) is 14.5 Å². The van der Waals surface area contributed by atoms with E-state index in [2.05, 4.69) is 13.8 Å². The van der Waals surface area contributed by atoms with Gasteiger partial charge < -0.3 is 9.84 Å². The van der Waals surface area contributed by atoms with Crippen molar-refractivity contribution in [1.29, 1.82) is 0 Å². The first kappa shape index (κ1) is 21.8. The summed E-state index contributed by atoms with van der Waals surface area (Å²) in [4.78, 5) is 28.6. The number of benzene rings is 2. The number of aliphatic hydroxyl groups excluding tert-OH is 1. The fourth-order valence-electron chi connectivity index (χ4n) is 3.91. The predicted octanol–water partition coefficient (Wildman–Crippen LogP) is 6.05. The molecule has 1 atom stereocenters. The Morgan fingerprint density at radius 2 is 1.88 bits per heavy atom. The van der Waals surface area contributed by atoms with E-state index >= 15 is 0 Å². The average molecular weight is 448 g/mol. The van der Waals surface area contributed by atoms with Crippen LogP contribution in [0.1, 0.15) is 53.5 Å². The molecule has 6 heteroatoms. The number of rotatable bonds is 7. The van der Waals surface area contributed by atoms with Crippen LogP contribution in [0.5, 0.6) is 5.75 Å². The summed E-state index contributed by atoms with van der Waals surface area (Å²) in [6.07, 6.45) is 0. The van der Waals surface area contributed by atoms with E-state index in [0.717, 1.165) is 11.1 Å². The standard InChI is InChI=1S/C26H25NO4S/c1-4-31-20-8-5-7-19(15-20)27-23(18-12-10-17(11-13-18)16(2)3)22(25(29)26(27)30)24(28)21-9-6-14-32-21/h5-16,23,29H,4H2,1-3H3. The normalized spacial score (nSPS) is 16.2. The molecule has 0 spiro atoms. The van der Waals surface area contributed by atoms with Crippen molar-refractivity contribution in [3.63, 3.8) is 0 Å². The number of ether oxygens (including phenoxy) is 1. The van der Waals surface area contributed by atoms with Crippen molar-refractivity contribution in [2.75, 3.05) is 11.5 Å². The van der Waals surface area contributed by atoms with Crippen molar-refractivity contribution < 1.29 is 19.4 Å². The second-order valence-corrected chi connectivity index (χ2v) is 8.85. The van der Waals surface area contributed by atoms with Gasteiger partial charge in [0.1, 0.15) is 5.75 Å². The van der Waals surface area contributed by atoms with Gasteiger partial charge in [0, 0.05) is 11.8 Å². The van der Waals surface area contributed by atoms with E-state index in [4.69, 9.17) is 4.74 Å². The molecule has 1 aliphatic heterocycles. The molecular formula is C26H25NO4S. The van der Waals surface area contributed by atoms with Gasteiger partial charge in [-0.15, -0.1) is 11.3 Å². The summed E-state index contributed by atoms with van der Waals surface area (Å²) in [5.74, 6) is -0.486. The van der Waals surface area contributed by atoms with Gasteiger partial charge >= 0.3 is 0 Å². The van der Waals surface area contributed by atoms with Crippen molar-refractivity contribution in [3.8, 4) is 5.75 Å². The molecule has 0 saturated carbocycles. The zero-order chi connectivity index (χ0) is 22.8. The molecule has 0 saturated heterocycles. The Hall–Kier alpha value is -3.38. The summed E-state index contributed by atoms with van der Waals surface area (Å²) < 4.78 is 5.61. The van der Waals surface area contributed by atoms with Crippen LogP contribution in [-0.4, -0.2) is 23.4 Å². The van der Waals surface area contributed by atoms with Crippen LogP contribution in [0.15, 0.2) is 77.4 Å². The van der Waals surface area contributed by atoms with Crippen molar-refractivity contribution in [3.05, 3.63) is 93.4 Å². The van der Waals surface area contributed by atoms with Crippen LogP contribution in [0.3, 0.4) is 0 Å². The molecule has 4 rings (SSSR count). The summed E-state index contributed by atoms with van der Waals surface area (Å²) in [7, 11) is 0. The fraction of sp³-hybridized carbons (Fsp3) is 0.231. The van der Waals surface area contributed by atoms with E-state index in [9.17, 15) is 14.7 Å². The third-order valence-corrected chi connectivity index (χ3v) is 6.39. The van der Waals surface area contributed by atoms with E-state index in [1.54, 1.807) is 35.7 Å². The third-order valence-electron chi connectivity index (χ3n) is 5.52. The Balaban J connectivity index is 1.85. The monoisotopic (exact) mass is 447 g/mol. The van der Waals surface area contributed by atoms with Crippen LogP contribution in [-0.2, 0) is 4.79 Å². The molecule has 1 N–H and O–H groups in total. The number of ketones is 1. The van der Waals surface area contributed by atoms with Gasteiger partial charge in [-0.1, -0.05) is 50.2 Å². The molecule has 0 radical (unpaired) electrons. The number of hydrogen-bond acceptors (Lipinski definition) is 5. The lowest BCUT2D eigenvalue weighted by atomic mass is 9.93. The molecule has 3 aromatic rings. The lowest BCUT2D eigenvalue weighted by Gasteiger charge is -2.27. The van der Waals surface area contributed by atoms with Gasteiger partial charge in [-0.2, -0.15) is 0 Å². The number of Topliss-reactive ketones (excluding diaryl/α,β-unsaturated/α-hetero) is 1. The first-order chi connectivity index (χ1) is 15.4. The third kappa shape index (κ3) is 3.94. The highest BCUT2D eigenvalue weighted by atomic mass is 32.1. The van der Waals surface area contributed by atoms with Crippen molar-refractivity contribution in [2.45, 2.75) is 32.7 Å². The molecule has 1 aromatic heterocycles. The molecule has 0 aliphatic carbocycles. The lowest BCUT2D eigenvalue weighted by molar-refractivity contribution is -0.117. The fourth-order valence-corrected chi connectivity index (χ4v) is 4.59. The Labute approximate surface area is 191 Å². The van der Waals surface area contributed by atoms with Crippen LogP contribution < -0.4 is 9.64 Å². The number of hydrogen-bond donors (Lipinski definition) is 1. The van der Waals surface area contributed by atoms with E-state index < -0.39 is 17.7 Å². The highest BCUT2D eigenvalue weighted by Gasteiger charge is 2.44. The summed E-state index contributed by atoms with van der Waals surface area (Å²) in [6, 6.07) is 17.7. The maximum absolute atomic E-state index is 13.4. The Kier molecular flexibility index (Phi) is 6.15. The molecule has 0 fully saturated rings. The molecule has 1 amide bonds. The van der Waals surface area contributed by atoms with Crippen molar-refractivity contribution >= 4 is 28.7 Å². The smallest absolute Gasteiger partial charge is 0.294 e. The Morgan fingerprint density at radius 3 is 2.50 bits per heavy atom. The first-order valence-corrected chi connectivity index (χ1v) is 11.5. The van der Waals surface area contributed by atoms with Gasteiger partial charge in [0.15, 0.2) is 5.76 Å². The van der Waals surface area contributed by atoms with Crippen LogP contribution in [0.2, 0.25) is 0 Å². The summed E-state index contributed by atoms with van der Waals surface area (Å²) >= 11 is 1.29. The molecule has 32 heavy (non-hydrogen) atoms. The van der Waals surface area contributed by atoms with E-state index in [1.165, 1.54) is 16.2 Å². The van der Waals surface area contributed by atoms with Crippen LogP contribution in [0, 0.1) is 0 Å². The summed E-state index contributed by atoms with van der Waals surface area (Å²) in [5, 5.41) is 12.6. The number of carbonyl (C=O) groups excluding carboxylic acids is 2. The number of carbonyl (C=O) groups is 2. The second kappa shape index (κ2) is 9.01. The van der Waals surface area contributed by atoms with E-state index in [0.29, 0.717) is 28.8 Å². The zero-order valence-corrected chi connectivity index (χ0v) is 19.1. The minimum absolute atomic E-state index is 0.0940. The quantitative estimate of drug-likeness (QED) is 0.448. The SMILES string of the molecule is CCOc1cccc(N2C(=O)C(O)=C(C(=O)c3cccs3)C2c2ccc(C(C)C)cc2)c1. The Bertz CT molecular complexity index is 1160. The lowest BCUT2D eigenvalue weighted by Crippen LogP contribution is -2.31. The maximum atomic E-state index is 13.4. The molecule has 2 heterocycles. The van der Waals surface area contributed by atoms with Gasteiger partial charge in [0.05, 0.1) is 23.1 Å². The maximum Gasteiger partial charge on any atom is 0.294 e. The number of anilines is 1.